The predicted molar refractivity (Wildman–Crippen MR) is 74.1 cm³/mol. The van der Waals surface area contributed by atoms with E-state index in [9.17, 15) is 0 Å². The van der Waals surface area contributed by atoms with Crippen molar-refractivity contribution in [2.75, 3.05) is 19.7 Å². The fourth-order valence-corrected chi connectivity index (χ4v) is 2.59. The van der Waals surface area contributed by atoms with Crippen LogP contribution < -0.4 is 5.32 Å². The van der Waals surface area contributed by atoms with Crippen LogP contribution in [0.5, 0.6) is 0 Å². The lowest BCUT2D eigenvalue weighted by Crippen LogP contribution is -2.32. The highest BCUT2D eigenvalue weighted by atomic mass is 16.5. The van der Waals surface area contributed by atoms with Crippen LogP contribution in [0.2, 0.25) is 0 Å². The third-order valence-corrected chi connectivity index (χ3v) is 3.74. The normalized spacial score (nSPS) is 17.1. The fourth-order valence-electron chi connectivity index (χ4n) is 2.59. The number of hydrogen-bond donors (Lipinski definition) is 1. The molecule has 0 spiro atoms. The predicted octanol–water partition coefficient (Wildman–Crippen LogP) is 1.28. The van der Waals surface area contributed by atoms with Crippen LogP contribution in [0.1, 0.15) is 18.7 Å². The first kappa shape index (κ1) is 12.6. The molecular formula is C14H20N4O. The van der Waals surface area contributed by atoms with E-state index < -0.39 is 0 Å². The van der Waals surface area contributed by atoms with Crippen LogP contribution in [0.3, 0.4) is 0 Å². The maximum absolute atomic E-state index is 5.93. The molecule has 0 unspecified atom stereocenters. The molecule has 1 aliphatic heterocycles. The molecule has 1 aliphatic rings. The third-order valence-electron chi connectivity index (χ3n) is 3.74. The number of hydrogen-bond acceptors (Lipinski definition) is 4. The Bertz CT molecular complexity index is 545. The number of rotatable bonds is 4. The van der Waals surface area contributed by atoms with Crippen molar-refractivity contribution >= 4 is 11.0 Å². The van der Waals surface area contributed by atoms with Gasteiger partial charge in [-0.3, -0.25) is 4.98 Å². The average Bonchev–Trinajstić information content (AvgIpc) is 2.78. The van der Waals surface area contributed by atoms with Crippen molar-refractivity contribution in [3.8, 4) is 0 Å². The molecule has 0 bridgehead atoms. The quantitative estimate of drug-likeness (QED) is 0.899. The van der Waals surface area contributed by atoms with Crippen molar-refractivity contribution in [1.29, 1.82) is 0 Å². The maximum Gasteiger partial charge on any atom is 0.111 e. The molecule has 0 atom stereocenters. The number of pyridine rings is 1. The number of nitrogens with one attached hydrogen (secondary N) is 1. The zero-order chi connectivity index (χ0) is 13.1. The number of aromatic nitrogens is 3. The summed E-state index contributed by atoms with van der Waals surface area (Å²) in [7, 11) is 2.04. The lowest BCUT2D eigenvalue weighted by Gasteiger charge is -2.22. The first-order chi connectivity index (χ1) is 9.34. The molecule has 3 rings (SSSR count). The van der Waals surface area contributed by atoms with Gasteiger partial charge >= 0.3 is 0 Å². The molecule has 3 heterocycles. The maximum atomic E-state index is 5.93. The number of fused-ring (bicyclic) bond motifs is 1. The van der Waals surface area contributed by atoms with E-state index in [1.54, 1.807) is 6.20 Å². The highest BCUT2D eigenvalue weighted by Gasteiger charge is 2.14. The Morgan fingerprint density at radius 1 is 1.42 bits per heavy atom. The summed E-state index contributed by atoms with van der Waals surface area (Å²) in [5.41, 5.74) is 2.09. The third kappa shape index (κ3) is 2.77. The SMILES string of the molecule is Cn1c(CCOC2CCNCC2)nc2ccncc21. The van der Waals surface area contributed by atoms with Crippen molar-refractivity contribution < 1.29 is 4.74 Å². The van der Waals surface area contributed by atoms with Gasteiger partial charge in [-0.25, -0.2) is 4.98 Å². The molecule has 2 aromatic rings. The molecule has 1 N–H and O–H groups in total. The van der Waals surface area contributed by atoms with Crippen molar-refractivity contribution in [1.82, 2.24) is 19.9 Å². The second kappa shape index (κ2) is 5.67. The van der Waals surface area contributed by atoms with Crippen LogP contribution in [-0.2, 0) is 18.2 Å². The van der Waals surface area contributed by atoms with E-state index in [-0.39, 0.29) is 0 Å². The first-order valence-electron chi connectivity index (χ1n) is 6.92. The Hall–Kier alpha value is -1.46. The van der Waals surface area contributed by atoms with Gasteiger partial charge in [0.1, 0.15) is 5.82 Å². The Balaban J connectivity index is 1.60. The summed E-state index contributed by atoms with van der Waals surface area (Å²) in [4.78, 5) is 8.77. The van der Waals surface area contributed by atoms with Crippen molar-refractivity contribution in [3.63, 3.8) is 0 Å². The van der Waals surface area contributed by atoms with Gasteiger partial charge in [0.05, 0.1) is 29.9 Å². The van der Waals surface area contributed by atoms with E-state index in [1.807, 2.05) is 19.3 Å². The minimum absolute atomic E-state index is 0.414. The van der Waals surface area contributed by atoms with E-state index in [1.165, 1.54) is 0 Å². The standard InChI is InChI=1S/C14H20N4O/c1-18-13-10-16-8-4-12(13)17-14(18)5-9-19-11-2-6-15-7-3-11/h4,8,10-11,15H,2-3,5-7,9H2,1H3. The summed E-state index contributed by atoms with van der Waals surface area (Å²) in [6.07, 6.45) is 7.15. The molecule has 0 aromatic carbocycles. The molecule has 0 amide bonds. The molecule has 5 nitrogen and oxygen atoms in total. The van der Waals surface area contributed by atoms with Gasteiger partial charge in [-0.1, -0.05) is 0 Å². The van der Waals surface area contributed by atoms with Gasteiger partial charge < -0.3 is 14.6 Å². The Morgan fingerprint density at radius 2 is 2.26 bits per heavy atom. The molecule has 1 saturated heterocycles. The molecule has 19 heavy (non-hydrogen) atoms. The lowest BCUT2D eigenvalue weighted by atomic mass is 10.1. The molecule has 0 radical (unpaired) electrons. The van der Waals surface area contributed by atoms with Crippen LogP contribution in [0.25, 0.3) is 11.0 Å². The average molecular weight is 260 g/mol. The number of piperidine rings is 1. The molecule has 2 aromatic heterocycles. The van der Waals surface area contributed by atoms with Crippen LogP contribution >= 0.6 is 0 Å². The largest absolute Gasteiger partial charge is 0.378 e. The van der Waals surface area contributed by atoms with E-state index in [4.69, 9.17) is 4.74 Å². The summed E-state index contributed by atoms with van der Waals surface area (Å²) < 4.78 is 8.03. The Labute approximate surface area is 113 Å². The zero-order valence-electron chi connectivity index (χ0n) is 11.3. The van der Waals surface area contributed by atoms with Gasteiger partial charge in [0.2, 0.25) is 0 Å². The minimum atomic E-state index is 0.414. The number of nitrogens with zero attached hydrogens (tertiary/aromatic N) is 3. The van der Waals surface area contributed by atoms with Crippen LogP contribution in [0.4, 0.5) is 0 Å². The highest BCUT2D eigenvalue weighted by Crippen LogP contribution is 2.14. The van der Waals surface area contributed by atoms with Crippen molar-refractivity contribution in [3.05, 3.63) is 24.3 Å². The molecule has 5 heteroatoms. The van der Waals surface area contributed by atoms with E-state index in [2.05, 4.69) is 19.9 Å². The van der Waals surface area contributed by atoms with Gasteiger partial charge in [0.15, 0.2) is 0 Å². The van der Waals surface area contributed by atoms with Gasteiger partial charge in [0.25, 0.3) is 0 Å². The van der Waals surface area contributed by atoms with Gasteiger partial charge in [-0.2, -0.15) is 0 Å². The first-order valence-corrected chi connectivity index (χ1v) is 6.92. The molecule has 0 saturated carbocycles. The number of imidazole rings is 1. The zero-order valence-corrected chi connectivity index (χ0v) is 11.3. The summed E-state index contributed by atoms with van der Waals surface area (Å²) in [5.74, 6) is 1.07. The summed E-state index contributed by atoms with van der Waals surface area (Å²) in [6.45, 7) is 2.89. The lowest BCUT2D eigenvalue weighted by molar-refractivity contribution is 0.0340. The monoisotopic (exact) mass is 260 g/mol. The molecule has 1 fully saturated rings. The van der Waals surface area contributed by atoms with E-state index in [0.717, 1.165) is 55.8 Å². The number of aryl methyl sites for hydroxylation is 1. The van der Waals surface area contributed by atoms with E-state index >= 15 is 0 Å². The van der Waals surface area contributed by atoms with Crippen molar-refractivity contribution in [2.45, 2.75) is 25.4 Å². The van der Waals surface area contributed by atoms with Crippen LogP contribution in [0, 0.1) is 0 Å². The van der Waals surface area contributed by atoms with Gasteiger partial charge in [0, 0.05) is 19.7 Å². The second-order valence-electron chi connectivity index (χ2n) is 5.02. The molecule has 0 aliphatic carbocycles. The minimum Gasteiger partial charge on any atom is -0.378 e. The number of ether oxygens (including phenoxy) is 1. The van der Waals surface area contributed by atoms with Gasteiger partial charge in [-0.05, 0) is 32.0 Å². The summed E-state index contributed by atoms with van der Waals surface area (Å²) in [5, 5.41) is 3.35. The Kier molecular flexibility index (Phi) is 3.75. The van der Waals surface area contributed by atoms with Crippen LogP contribution in [0.15, 0.2) is 18.5 Å². The summed E-state index contributed by atoms with van der Waals surface area (Å²) >= 11 is 0. The Morgan fingerprint density at radius 3 is 3.05 bits per heavy atom. The van der Waals surface area contributed by atoms with Gasteiger partial charge in [-0.15, -0.1) is 0 Å². The summed E-state index contributed by atoms with van der Waals surface area (Å²) in [6, 6.07) is 1.95. The molecular weight excluding hydrogens is 240 g/mol. The van der Waals surface area contributed by atoms with Crippen LogP contribution in [-0.4, -0.2) is 40.3 Å². The topological polar surface area (TPSA) is 52.0 Å². The van der Waals surface area contributed by atoms with Crippen molar-refractivity contribution in [2.24, 2.45) is 7.05 Å². The smallest absolute Gasteiger partial charge is 0.111 e. The second-order valence-corrected chi connectivity index (χ2v) is 5.02. The fraction of sp³-hybridized carbons (Fsp3) is 0.571. The van der Waals surface area contributed by atoms with E-state index in [0.29, 0.717) is 6.10 Å². The molecule has 102 valence electrons. The highest BCUT2D eigenvalue weighted by molar-refractivity contribution is 5.74.